The van der Waals surface area contributed by atoms with Crippen LogP contribution in [0, 0.1) is 0 Å². The molecule has 0 aliphatic carbocycles. The fourth-order valence-electron chi connectivity index (χ4n) is 1.46. The predicted octanol–water partition coefficient (Wildman–Crippen LogP) is 1.64. The second-order valence-corrected chi connectivity index (χ2v) is 4.71. The first-order valence-electron chi connectivity index (χ1n) is 4.59. The Morgan fingerprint density at radius 2 is 2.00 bits per heavy atom. The summed E-state index contributed by atoms with van der Waals surface area (Å²) in [6.45, 7) is 13.2. The maximum absolute atomic E-state index is 5.54. The summed E-state index contributed by atoms with van der Waals surface area (Å²) in [5.41, 5.74) is 0.141. The maximum atomic E-state index is 5.54. The smallest absolute Gasteiger partial charge is 0.147 e. The Kier molecular flexibility index (Phi) is 5.56. The first-order chi connectivity index (χ1) is 5.96. The van der Waals surface area contributed by atoms with Gasteiger partial charge >= 0.3 is 88.6 Å². The van der Waals surface area contributed by atoms with E-state index in [0.717, 1.165) is 24.3 Å². The van der Waals surface area contributed by atoms with Gasteiger partial charge in [-0.2, -0.15) is 0 Å². The molecule has 87 valence electrons. The molecule has 0 spiro atoms. The molecule has 0 amide bonds. The van der Waals surface area contributed by atoms with Gasteiger partial charge in [-0.25, -0.2) is 0 Å². The van der Waals surface area contributed by atoms with Crippen LogP contribution in [0.1, 0.15) is 20.8 Å². The Balaban J connectivity index is 0.00000169. The molecule has 0 aromatic carbocycles. The van der Waals surface area contributed by atoms with Gasteiger partial charge in [0.25, 0.3) is 0 Å². The van der Waals surface area contributed by atoms with Crippen LogP contribution in [0.4, 0.5) is 0 Å². The Bertz CT molecular complexity index is 223. The molecule has 2 nitrogen and oxygen atoms in total. The van der Waals surface area contributed by atoms with E-state index in [1.165, 1.54) is 0 Å². The second-order valence-electron chi connectivity index (χ2n) is 4.29. The third kappa shape index (κ3) is 3.18. The first-order valence-corrected chi connectivity index (χ1v) is 5.06. The molecule has 1 rings (SSSR count). The molecule has 0 N–H and O–H groups in total. The summed E-state index contributed by atoms with van der Waals surface area (Å²) in [6, 6.07) is 0. The molecular formula is C10H19ClCuN2. The normalized spacial score (nSPS) is 19.6. The molecule has 1 heterocycles. The van der Waals surface area contributed by atoms with Crippen molar-refractivity contribution in [3.63, 3.8) is 0 Å². The Hall–Kier alpha value is 0.339. The Labute approximate surface area is 101 Å². The second kappa shape index (κ2) is 5.43. The SMILES string of the molecule is C=CCN1CCN(C(C)(C)C)[C]1=[Cu].Cl. The maximum Gasteiger partial charge on any atom is -0.147 e. The summed E-state index contributed by atoms with van der Waals surface area (Å²) in [4.78, 5) is 4.44. The molecule has 0 aromatic rings. The molecule has 4 heteroatoms. The van der Waals surface area contributed by atoms with Crippen molar-refractivity contribution < 1.29 is 15.6 Å². The van der Waals surface area contributed by atoms with Crippen molar-refractivity contribution in [2.24, 2.45) is 0 Å². The quantitative estimate of drug-likeness (QED) is 0.554. The fourth-order valence-corrected chi connectivity index (χ4v) is 2.07. The Morgan fingerprint density at radius 1 is 1.43 bits per heavy atom. The summed E-state index contributed by atoms with van der Waals surface area (Å²) < 4.78 is 0.944. The van der Waals surface area contributed by atoms with Gasteiger partial charge in [-0.3, -0.25) is 0 Å². The average Bonchev–Trinajstić information content (AvgIpc) is 2.32. The van der Waals surface area contributed by atoms with Crippen molar-refractivity contribution in [2.75, 3.05) is 19.6 Å². The molecule has 1 aliphatic heterocycles. The summed E-state index contributed by atoms with van der Waals surface area (Å²) in [5, 5.41) is 0. The molecule has 1 fully saturated rings. The van der Waals surface area contributed by atoms with Crippen molar-refractivity contribution in [2.45, 2.75) is 26.3 Å². The summed E-state index contributed by atoms with van der Waals surface area (Å²) in [7, 11) is 0. The van der Waals surface area contributed by atoms with Gasteiger partial charge in [0.15, 0.2) is 0 Å². The van der Waals surface area contributed by atoms with E-state index in [1.807, 2.05) is 6.08 Å². The van der Waals surface area contributed by atoms with Crippen LogP contribution in [-0.4, -0.2) is 39.6 Å². The van der Waals surface area contributed by atoms with Crippen LogP contribution in [0.15, 0.2) is 12.7 Å². The van der Waals surface area contributed by atoms with E-state index in [4.69, 9.17) is 15.6 Å². The van der Waals surface area contributed by atoms with Crippen LogP contribution in [0.25, 0.3) is 0 Å². The third-order valence-corrected chi connectivity index (χ3v) is 2.74. The van der Waals surface area contributed by atoms with Crippen molar-refractivity contribution in [1.29, 1.82) is 0 Å². The van der Waals surface area contributed by atoms with Crippen LogP contribution in [0.5, 0.6) is 0 Å². The molecule has 0 saturated carbocycles. The van der Waals surface area contributed by atoms with E-state index in [0.29, 0.717) is 0 Å². The zero-order valence-electron chi connectivity index (χ0n) is 9.01. The molecule has 0 unspecified atom stereocenters. The van der Waals surface area contributed by atoms with Crippen LogP contribution in [0.2, 0.25) is 0 Å². The molecule has 0 atom stereocenters. The number of nitrogens with zero attached hydrogens (tertiary/aromatic N) is 2. The standard InChI is InChI=1S/C10H18N2.ClH.Cu/c1-5-6-11-7-8-12(9-11)10(2,3)4;;/h5H,1,6-8H2,2-4H3;1H;. The van der Waals surface area contributed by atoms with Crippen LogP contribution < -0.4 is 0 Å². The van der Waals surface area contributed by atoms with E-state index >= 15 is 0 Å². The number of hydrogen-bond donors (Lipinski definition) is 0. The minimum atomic E-state index is 0. The zero-order chi connectivity index (χ0) is 10.1. The molecular weight excluding hydrogens is 247 g/mol. The molecule has 14 heavy (non-hydrogen) atoms. The molecule has 0 radical (unpaired) electrons. The molecule has 1 aliphatic rings. The largest absolute Gasteiger partial charge is 0.147 e. The van der Waals surface area contributed by atoms with Gasteiger partial charge in [0.1, 0.15) is 0 Å². The Morgan fingerprint density at radius 3 is 2.36 bits per heavy atom. The topological polar surface area (TPSA) is 6.48 Å². The summed E-state index contributed by atoms with van der Waals surface area (Å²) in [5.74, 6) is 0. The van der Waals surface area contributed by atoms with Crippen molar-refractivity contribution in [1.82, 2.24) is 9.80 Å². The summed E-state index contributed by atoms with van der Waals surface area (Å²) in [6.07, 6.45) is 1.90. The van der Waals surface area contributed by atoms with Gasteiger partial charge in [0.2, 0.25) is 0 Å². The monoisotopic (exact) mass is 265 g/mol. The summed E-state index contributed by atoms with van der Waals surface area (Å²) >= 11 is 5.54. The minimum absolute atomic E-state index is 0. The van der Waals surface area contributed by atoms with Gasteiger partial charge < -0.3 is 0 Å². The minimum Gasteiger partial charge on any atom is -0.147 e. The van der Waals surface area contributed by atoms with E-state index in [9.17, 15) is 0 Å². The molecule has 1 saturated heterocycles. The van der Waals surface area contributed by atoms with E-state index < -0.39 is 0 Å². The fraction of sp³-hybridized carbons (Fsp3) is 0.700. The van der Waals surface area contributed by atoms with Gasteiger partial charge in [-0.15, -0.1) is 12.4 Å². The molecule has 0 bridgehead atoms. The predicted molar refractivity (Wildman–Crippen MR) is 60.5 cm³/mol. The van der Waals surface area contributed by atoms with E-state index in [1.54, 1.807) is 0 Å². The third-order valence-electron chi connectivity index (χ3n) is 2.19. The number of rotatable bonds is 2. The first kappa shape index (κ1) is 14.3. The number of hydrogen-bond acceptors (Lipinski definition) is 2. The van der Waals surface area contributed by atoms with E-state index in [2.05, 4.69) is 37.1 Å². The van der Waals surface area contributed by atoms with Gasteiger partial charge in [-0.05, 0) is 0 Å². The van der Waals surface area contributed by atoms with Crippen LogP contribution in [0.3, 0.4) is 0 Å². The van der Waals surface area contributed by atoms with Crippen molar-refractivity contribution >= 4 is 17.1 Å². The van der Waals surface area contributed by atoms with Crippen LogP contribution >= 0.6 is 12.4 Å². The zero-order valence-corrected chi connectivity index (χ0v) is 10.8. The van der Waals surface area contributed by atoms with Crippen LogP contribution in [-0.2, 0) is 15.6 Å². The average molecular weight is 266 g/mol. The number of halogens is 1. The van der Waals surface area contributed by atoms with Gasteiger partial charge in [0.05, 0.1) is 0 Å². The van der Waals surface area contributed by atoms with Gasteiger partial charge in [0, 0.05) is 0 Å². The van der Waals surface area contributed by atoms with E-state index in [-0.39, 0.29) is 17.9 Å². The van der Waals surface area contributed by atoms with Crippen molar-refractivity contribution in [3.05, 3.63) is 12.7 Å². The van der Waals surface area contributed by atoms with Crippen molar-refractivity contribution in [3.8, 4) is 0 Å². The van der Waals surface area contributed by atoms with Gasteiger partial charge in [-0.1, -0.05) is 0 Å². The molecule has 0 aromatic heterocycles.